The Kier molecular flexibility index (Phi) is 4.53. The third kappa shape index (κ3) is 3.12. The van der Waals surface area contributed by atoms with Crippen molar-refractivity contribution in [2.45, 2.75) is 13.0 Å². The van der Waals surface area contributed by atoms with Gasteiger partial charge in [-0.05, 0) is 31.2 Å². The van der Waals surface area contributed by atoms with Crippen molar-refractivity contribution in [2.75, 3.05) is 47.8 Å². The second-order valence-electron chi connectivity index (χ2n) is 6.06. The van der Waals surface area contributed by atoms with Gasteiger partial charge < -0.3 is 20.2 Å². The normalized spacial score (nSPS) is 16.5. The molecule has 2 N–H and O–H groups in total. The number of hydrogen-bond acceptors (Lipinski definition) is 6. The topological polar surface area (TPSA) is 72.9 Å². The first-order valence-corrected chi connectivity index (χ1v) is 7.98. The van der Waals surface area contributed by atoms with Gasteiger partial charge in [0.25, 0.3) is 10.9 Å². The molecule has 1 saturated heterocycles. The van der Waals surface area contributed by atoms with Crippen LogP contribution < -0.4 is 26.0 Å². The number of piperazine rings is 1. The fraction of sp³-hybridized carbons (Fsp3) is 0.412. The second-order valence-corrected chi connectivity index (χ2v) is 6.06. The molecule has 0 bridgehead atoms. The van der Waals surface area contributed by atoms with Crippen molar-refractivity contribution >= 4 is 17.1 Å². The second kappa shape index (κ2) is 6.60. The molecule has 2 aromatic carbocycles. The Morgan fingerprint density at radius 2 is 1.67 bits per heavy atom. The van der Waals surface area contributed by atoms with Gasteiger partial charge in [0.15, 0.2) is 0 Å². The van der Waals surface area contributed by atoms with Crippen molar-refractivity contribution in [3.8, 4) is 0 Å². The van der Waals surface area contributed by atoms with Crippen LogP contribution in [0.3, 0.4) is 0 Å². The molecule has 7 heteroatoms. The van der Waals surface area contributed by atoms with E-state index in [0.29, 0.717) is 37.6 Å². The summed E-state index contributed by atoms with van der Waals surface area (Å²) in [6.45, 7) is 4.41. The summed E-state index contributed by atoms with van der Waals surface area (Å²) in [5, 5.41) is 12.2. The molecule has 0 radical (unpaired) electrons. The summed E-state index contributed by atoms with van der Waals surface area (Å²) in [4.78, 5) is 27.6. The predicted molar refractivity (Wildman–Crippen MR) is 92.4 cm³/mol. The molecule has 2 aromatic rings. The first-order chi connectivity index (χ1) is 11.5. The molecule has 1 aliphatic heterocycles. The third-order valence-electron chi connectivity index (χ3n) is 4.25. The highest BCUT2D eigenvalue weighted by molar-refractivity contribution is 5.75. The minimum atomic E-state index is -0.599. The van der Waals surface area contributed by atoms with Gasteiger partial charge in [0.05, 0.1) is 6.10 Å². The molecule has 1 fully saturated rings. The molecule has 3 rings (SSSR count). The van der Waals surface area contributed by atoms with Crippen LogP contribution in [0.4, 0.5) is 21.5 Å². The van der Waals surface area contributed by atoms with Crippen LogP contribution >= 0.6 is 0 Å². The Morgan fingerprint density at radius 1 is 1.08 bits per heavy atom. The molecule has 0 aromatic heterocycles. The van der Waals surface area contributed by atoms with Gasteiger partial charge >= 0.3 is 0 Å². The van der Waals surface area contributed by atoms with Crippen LogP contribution in [0.25, 0.3) is 0 Å². The lowest BCUT2D eigenvalue weighted by Gasteiger charge is -2.38. The summed E-state index contributed by atoms with van der Waals surface area (Å²) < 4.78 is 13.0. The maximum Gasteiger partial charge on any atom is 0.253 e. The van der Waals surface area contributed by atoms with E-state index >= 15 is 0 Å². The van der Waals surface area contributed by atoms with Crippen molar-refractivity contribution in [3.63, 3.8) is 0 Å². The number of aliphatic hydroxyl groups excluding tert-OH is 1. The lowest BCUT2D eigenvalue weighted by Crippen LogP contribution is -2.51. The van der Waals surface area contributed by atoms with Gasteiger partial charge in [-0.25, -0.2) is 4.39 Å². The number of aliphatic hydroxyl groups is 1. The minimum Gasteiger partial charge on any atom is -0.392 e. The van der Waals surface area contributed by atoms with E-state index in [0.717, 1.165) is 5.69 Å². The van der Waals surface area contributed by atoms with Gasteiger partial charge in [0.2, 0.25) is 0 Å². The summed E-state index contributed by atoms with van der Waals surface area (Å²) in [6, 6.07) is 6.32. The molecule has 0 unspecified atom stereocenters. The average Bonchev–Trinajstić information content (AvgIpc) is 2.58. The Balaban J connectivity index is 1.67. The lowest BCUT2D eigenvalue weighted by molar-refractivity contribution is 0.208. The fourth-order valence-electron chi connectivity index (χ4n) is 2.94. The Hall–Kier alpha value is -2.41. The number of anilines is 3. The highest BCUT2D eigenvalue weighted by Gasteiger charge is 2.28. The summed E-state index contributed by atoms with van der Waals surface area (Å²) in [5.74, 6) is -0.269. The van der Waals surface area contributed by atoms with Gasteiger partial charge in [-0.15, -0.1) is 0 Å². The fourth-order valence-corrected chi connectivity index (χ4v) is 2.94. The molecule has 1 aliphatic rings. The van der Waals surface area contributed by atoms with Crippen LogP contribution in [-0.2, 0) is 0 Å². The molecule has 0 aliphatic carbocycles. The summed E-state index contributed by atoms with van der Waals surface area (Å²) in [6.07, 6.45) is -0.599. The highest BCUT2D eigenvalue weighted by Crippen LogP contribution is 2.23. The smallest absolute Gasteiger partial charge is 0.253 e. The number of nitrogens with one attached hydrogen (secondary N) is 1. The van der Waals surface area contributed by atoms with Crippen molar-refractivity contribution in [1.29, 1.82) is 0 Å². The SMILES string of the molecule is C[C@H](O)CNc1c(N2CCN(c3ccc(F)cc3)CC2)c(=O)c1=O. The molecule has 0 amide bonds. The van der Waals surface area contributed by atoms with E-state index in [4.69, 9.17) is 0 Å². The van der Waals surface area contributed by atoms with E-state index < -0.39 is 17.0 Å². The number of hydrogen-bond donors (Lipinski definition) is 2. The number of halogens is 1. The largest absolute Gasteiger partial charge is 0.392 e. The molecule has 128 valence electrons. The van der Waals surface area contributed by atoms with Crippen LogP contribution in [0, 0.1) is 5.82 Å². The number of benzene rings is 1. The van der Waals surface area contributed by atoms with Gasteiger partial charge in [0.1, 0.15) is 17.2 Å². The predicted octanol–water partition coefficient (Wildman–Crippen LogP) is 0.541. The van der Waals surface area contributed by atoms with Crippen molar-refractivity contribution in [3.05, 3.63) is 50.5 Å². The Labute approximate surface area is 138 Å². The van der Waals surface area contributed by atoms with Gasteiger partial charge in [-0.3, -0.25) is 9.59 Å². The molecule has 24 heavy (non-hydrogen) atoms. The summed E-state index contributed by atoms with van der Waals surface area (Å²) in [5.41, 5.74) is 0.661. The van der Waals surface area contributed by atoms with Crippen LogP contribution in [0.1, 0.15) is 6.92 Å². The third-order valence-corrected chi connectivity index (χ3v) is 4.25. The maximum absolute atomic E-state index is 13.0. The lowest BCUT2D eigenvalue weighted by atomic mass is 10.1. The molecule has 1 heterocycles. The van der Waals surface area contributed by atoms with E-state index in [1.807, 2.05) is 4.90 Å². The van der Waals surface area contributed by atoms with E-state index in [2.05, 4.69) is 10.2 Å². The monoisotopic (exact) mass is 333 g/mol. The highest BCUT2D eigenvalue weighted by atomic mass is 19.1. The first-order valence-electron chi connectivity index (χ1n) is 7.98. The van der Waals surface area contributed by atoms with Crippen LogP contribution in [0.5, 0.6) is 0 Å². The number of rotatable bonds is 5. The zero-order valence-electron chi connectivity index (χ0n) is 13.5. The minimum absolute atomic E-state index is 0.230. The summed E-state index contributed by atoms with van der Waals surface area (Å²) >= 11 is 0. The standard InChI is InChI=1S/C17H20FN3O3/c1-11(22)10-19-14-15(17(24)16(14)23)21-8-6-20(7-9-21)13-4-2-12(18)3-5-13/h2-5,11,19,22H,6-10H2,1H3/t11-/m0/s1. The molecule has 0 saturated carbocycles. The Morgan fingerprint density at radius 3 is 2.25 bits per heavy atom. The van der Waals surface area contributed by atoms with Crippen molar-refractivity contribution in [2.24, 2.45) is 0 Å². The van der Waals surface area contributed by atoms with E-state index in [1.54, 1.807) is 19.1 Å². The van der Waals surface area contributed by atoms with Gasteiger partial charge in [0, 0.05) is 38.4 Å². The van der Waals surface area contributed by atoms with Gasteiger partial charge in [-0.2, -0.15) is 0 Å². The van der Waals surface area contributed by atoms with Crippen molar-refractivity contribution < 1.29 is 9.50 Å². The summed E-state index contributed by atoms with van der Waals surface area (Å²) in [7, 11) is 0. The van der Waals surface area contributed by atoms with Crippen LogP contribution in [0.2, 0.25) is 0 Å². The maximum atomic E-state index is 13.0. The van der Waals surface area contributed by atoms with E-state index in [9.17, 15) is 19.1 Å². The molecular formula is C17H20FN3O3. The van der Waals surface area contributed by atoms with Crippen LogP contribution in [0.15, 0.2) is 33.9 Å². The van der Waals surface area contributed by atoms with Crippen molar-refractivity contribution in [1.82, 2.24) is 0 Å². The van der Waals surface area contributed by atoms with E-state index in [-0.39, 0.29) is 12.4 Å². The molecular weight excluding hydrogens is 313 g/mol. The zero-order chi connectivity index (χ0) is 17.3. The quantitative estimate of drug-likeness (QED) is 0.778. The molecule has 6 nitrogen and oxygen atoms in total. The van der Waals surface area contributed by atoms with E-state index in [1.165, 1.54) is 12.1 Å². The first kappa shape index (κ1) is 16.4. The van der Waals surface area contributed by atoms with Gasteiger partial charge in [-0.1, -0.05) is 0 Å². The number of nitrogens with zero attached hydrogens (tertiary/aromatic N) is 2. The van der Waals surface area contributed by atoms with Crippen LogP contribution in [-0.4, -0.2) is 43.9 Å². The Bertz CT molecular complexity index is 773. The molecule has 1 atom stereocenters. The average molecular weight is 333 g/mol. The zero-order valence-corrected chi connectivity index (χ0v) is 13.5. The molecule has 0 spiro atoms.